The van der Waals surface area contributed by atoms with Gasteiger partial charge in [0.1, 0.15) is 6.54 Å². The van der Waals surface area contributed by atoms with Gasteiger partial charge in [0.2, 0.25) is 5.91 Å². The summed E-state index contributed by atoms with van der Waals surface area (Å²) >= 11 is 3.36. The van der Waals surface area contributed by atoms with E-state index in [4.69, 9.17) is 0 Å². The topological polar surface area (TPSA) is 113 Å². The summed E-state index contributed by atoms with van der Waals surface area (Å²) in [6.45, 7) is 5.04. The second-order valence-electron chi connectivity index (χ2n) is 9.30. The number of hydrogen-bond donors (Lipinski definition) is 2. The number of hydrogen-bond acceptors (Lipinski definition) is 5. The minimum absolute atomic E-state index is 0.0177. The maximum absolute atomic E-state index is 13.6. The molecule has 0 radical (unpaired) electrons. The molecule has 0 unspecified atom stereocenters. The van der Waals surface area contributed by atoms with Gasteiger partial charge in [-0.3, -0.25) is 13.8 Å². The molecule has 40 heavy (non-hydrogen) atoms. The van der Waals surface area contributed by atoms with Gasteiger partial charge < -0.3 is 5.32 Å². The van der Waals surface area contributed by atoms with E-state index >= 15 is 0 Å². The van der Waals surface area contributed by atoms with Crippen molar-refractivity contribution >= 4 is 58.9 Å². The number of carbonyl (C=O) groups excluding carboxylic acids is 1. The minimum atomic E-state index is -4.07. The van der Waals surface area contributed by atoms with Crippen molar-refractivity contribution in [3.05, 3.63) is 112 Å². The normalized spacial score (nSPS) is 11.6. The maximum atomic E-state index is 13.6. The van der Waals surface area contributed by atoms with Crippen LogP contribution in [-0.4, -0.2) is 29.3 Å². The van der Waals surface area contributed by atoms with Gasteiger partial charge in [0.25, 0.3) is 20.0 Å². The highest BCUT2D eigenvalue weighted by atomic mass is 79.9. The number of rotatable bonds is 9. The molecule has 0 fully saturated rings. The van der Waals surface area contributed by atoms with E-state index in [-0.39, 0.29) is 9.79 Å². The molecule has 4 rings (SSSR count). The molecular weight excluding hydrogens is 614 g/mol. The van der Waals surface area contributed by atoms with E-state index in [2.05, 4.69) is 26.0 Å². The number of sulfonamides is 2. The van der Waals surface area contributed by atoms with Gasteiger partial charge in [-0.2, -0.15) is 0 Å². The van der Waals surface area contributed by atoms with Crippen molar-refractivity contribution in [1.82, 2.24) is 0 Å². The Morgan fingerprint density at radius 1 is 0.775 bits per heavy atom. The Bertz CT molecular complexity index is 1760. The predicted molar refractivity (Wildman–Crippen MR) is 162 cm³/mol. The lowest BCUT2D eigenvalue weighted by molar-refractivity contribution is -0.114. The number of aryl methyl sites for hydroxylation is 3. The van der Waals surface area contributed by atoms with E-state index < -0.39 is 32.5 Å². The molecule has 0 heterocycles. The SMILES string of the molecule is Cc1ccc(S(=O)(=O)N(CC(=O)Nc2ccc(S(=O)(=O)Nc3cc(C)ccc3C)cc2)c2cccc(Br)c2)cc1. The van der Waals surface area contributed by atoms with Gasteiger partial charge in [0.15, 0.2) is 0 Å². The van der Waals surface area contributed by atoms with E-state index in [0.717, 1.165) is 21.0 Å². The summed E-state index contributed by atoms with van der Waals surface area (Å²) in [5, 5.41) is 2.66. The number of benzene rings is 4. The fourth-order valence-corrected chi connectivity index (χ4v) is 6.80. The summed E-state index contributed by atoms with van der Waals surface area (Å²) in [5.41, 5.74) is 3.72. The summed E-state index contributed by atoms with van der Waals surface area (Å²) in [7, 11) is -7.94. The van der Waals surface area contributed by atoms with Crippen LogP contribution in [-0.2, 0) is 24.8 Å². The van der Waals surface area contributed by atoms with Crippen LogP contribution in [0.5, 0.6) is 0 Å². The molecule has 11 heteroatoms. The van der Waals surface area contributed by atoms with E-state index in [9.17, 15) is 21.6 Å². The van der Waals surface area contributed by atoms with E-state index in [1.807, 2.05) is 32.9 Å². The first-order valence-corrected chi connectivity index (χ1v) is 15.9. The maximum Gasteiger partial charge on any atom is 0.264 e. The molecule has 0 aromatic heterocycles. The van der Waals surface area contributed by atoms with Crippen LogP contribution >= 0.6 is 15.9 Å². The van der Waals surface area contributed by atoms with Gasteiger partial charge in [-0.1, -0.05) is 51.8 Å². The summed E-state index contributed by atoms with van der Waals surface area (Å²) in [5.74, 6) is -0.597. The molecule has 0 spiro atoms. The quantitative estimate of drug-likeness (QED) is 0.232. The number of anilines is 3. The third-order valence-electron chi connectivity index (χ3n) is 6.08. The van der Waals surface area contributed by atoms with Gasteiger partial charge in [-0.15, -0.1) is 0 Å². The van der Waals surface area contributed by atoms with Crippen molar-refractivity contribution in [2.45, 2.75) is 30.6 Å². The third kappa shape index (κ3) is 6.90. The first-order chi connectivity index (χ1) is 18.8. The van der Waals surface area contributed by atoms with Crippen LogP contribution in [0.15, 0.2) is 105 Å². The zero-order chi connectivity index (χ0) is 29.1. The molecule has 0 atom stereocenters. The number of nitrogens with zero attached hydrogens (tertiary/aromatic N) is 1. The zero-order valence-corrected chi connectivity index (χ0v) is 25.3. The molecule has 4 aromatic rings. The van der Waals surface area contributed by atoms with Crippen LogP contribution < -0.4 is 14.3 Å². The first kappa shape index (κ1) is 29.3. The van der Waals surface area contributed by atoms with E-state index in [1.165, 1.54) is 36.4 Å². The van der Waals surface area contributed by atoms with Crippen molar-refractivity contribution in [2.24, 2.45) is 0 Å². The highest BCUT2D eigenvalue weighted by molar-refractivity contribution is 9.10. The van der Waals surface area contributed by atoms with E-state index in [1.54, 1.807) is 42.5 Å². The molecule has 4 aromatic carbocycles. The van der Waals surface area contributed by atoms with Crippen LogP contribution in [0, 0.1) is 20.8 Å². The van der Waals surface area contributed by atoms with Crippen LogP contribution in [0.1, 0.15) is 16.7 Å². The Morgan fingerprint density at radius 3 is 2.05 bits per heavy atom. The lowest BCUT2D eigenvalue weighted by Gasteiger charge is -2.24. The highest BCUT2D eigenvalue weighted by Gasteiger charge is 2.27. The smallest absolute Gasteiger partial charge is 0.264 e. The number of nitrogens with one attached hydrogen (secondary N) is 2. The van der Waals surface area contributed by atoms with Crippen molar-refractivity contribution in [3.8, 4) is 0 Å². The Hall–Kier alpha value is -3.67. The fourth-order valence-electron chi connectivity index (χ4n) is 3.88. The van der Waals surface area contributed by atoms with Crippen LogP contribution in [0.3, 0.4) is 0 Å². The van der Waals surface area contributed by atoms with Crippen molar-refractivity contribution in [3.63, 3.8) is 0 Å². The second-order valence-corrected chi connectivity index (χ2v) is 13.8. The minimum Gasteiger partial charge on any atom is -0.325 e. The number of amides is 1. The Kier molecular flexibility index (Phi) is 8.67. The third-order valence-corrected chi connectivity index (χ3v) is 9.74. The summed E-state index contributed by atoms with van der Waals surface area (Å²) in [6, 6.07) is 24.2. The molecule has 0 saturated carbocycles. The molecule has 208 valence electrons. The molecular formula is C29H28BrN3O5S2. The average molecular weight is 643 g/mol. The molecule has 2 N–H and O–H groups in total. The Balaban J connectivity index is 1.54. The second kappa shape index (κ2) is 11.8. The Morgan fingerprint density at radius 2 is 1.40 bits per heavy atom. The first-order valence-electron chi connectivity index (χ1n) is 12.2. The molecule has 0 saturated heterocycles. The summed E-state index contributed by atoms with van der Waals surface area (Å²) in [4.78, 5) is 13.1. The van der Waals surface area contributed by atoms with Gasteiger partial charge >= 0.3 is 0 Å². The lowest BCUT2D eigenvalue weighted by atomic mass is 10.1. The van der Waals surface area contributed by atoms with Crippen LogP contribution in [0.2, 0.25) is 0 Å². The standard InChI is InChI=1S/C29H28BrN3O5S2/c1-20-8-13-27(14-9-20)40(37,38)33(25-6-4-5-23(30)18-25)19-29(34)31-24-11-15-26(16-12-24)39(35,36)32-28-17-21(2)7-10-22(28)3/h4-18,32H,19H2,1-3H3,(H,31,34). The van der Waals surface area contributed by atoms with Crippen molar-refractivity contribution < 1.29 is 21.6 Å². The van der Waals surface area contributed by atoms with Gasteiger partial charge in [-0.25, -0.2) is 16.8 Å². The number of halogens is 1. The Labute approximate surface area is 243 Å². The molecule has 0 aliphatic carbocycles. The van der Waals surface area contributed by atoms with Gasteiger partial charge in [-0.05, 0) is 92.6 Å². The molecule has 0 aliphatic rings. The molecule has 8 nitrogen and oxygen atoms in total. The monoisotopic (exact) mass is 641 g/mol. The molecule has 0 bridgehead atoms. The fraction of sp³-hybridized carbons (Fsp3) is 0.138. The lowest BCUT2D eigenvalue weighted by Crippen LogP contribution is -2.38. The van der Waals surface area contributed by atoms with Crippen LogP contribution in [0.4, 0.5) is 17.1 Å². The zero-order valence-electron chi connectivity index (χ0n) is 22.1. The van der Waals surface area contributed by atoms with Crippen molar-refractivity contribution in [1.29, 1.82) is 0 Å². The largest absolute Gasteiger partial charge is 0.325 e. The highest BCUT2D eigenvalue weighted by Crippen LogP contribution is 2.27. The molecule has 1 amide bonds. The summed E-state index contributed by atoms with van der Waals surface area (Å²) in [6.07, 6.45) is 0. The van der Waals surface area contributed by atoms with Gasteiger partial charge in [0, 0.05) is 10.2 Å². The number of carbonyl (C=O) groups is 1. The average Bonchev–Trinajstić information content (AvgIpc) is 2.90. The van der Waals surface area contributed by atoms with Crippen molar-refractivity contribution in [2.75, 3.05) is 20.9 Å². The predicted octanol–water partition coefficient (Wildman–Crippen LogP) is 6.01. The van der Waals surface area contributed by atoms with Crippen LogP contribution in [0.25, 0.3) is 0 Å². The molecule has 0 aliphatic heterocycles. The summed E-state index contributed by atoms with van der Waals surface area (Å²) < 4.78 is 57.2. The van der Waals surface area contributed by atoms with Gasteiger partial charge in [0.05, 0.1) is 21.2 Å². The van der Waals surface area contributed by atoms with E-state index in [0.29, 0.717) is 21.5 Å².